The Kier molecular flexibility index (Phi) is 5.75. The first-order valence-corrected chi connectivity index (χ1v) is 9.69. The van der Waals surface area contributed by atoms with Crippen LogP contribution in [0.4, 0.5) is 0 Å². The van der Waals surface area contributed by atoms with Crippen LogP contribution in [0.3, 0.4) is 0 Å². The van der Waals surface area contributed by atoms with Gasteiger partial charge >= 0.3 is 0 Å². The summed E-state index contributed by atoms with van der Waals surface area (Å²) in [4.78, 5) is 12.9. The van der Waals surface area contributed by atoms with Gasteiger partial charge in [0.2, 0.25) is 5.78 Å². The van der Waals surface area contributed by atoms with E-state index in [2.05, 4.69) is 24.0 Å². The van der Waals surface area contributed by atoms with Crippen LogP contribution >= 0.6 is 11.8 Å². The van der Waals surface area contributed by atoms with E-state index in [9.17, 15) is 4.79 Å². The van der Waals surface area contributed by atoms with Gasteiger partial charge in [0.25, 0.3) is 5.56 Å². The molecule has 0 bridgehead atoms. The molecule has 0 spiro atoms. The van der Waals surface area contributed by atoms with E-state index in [0.717, 1.165) is 22.8 Å². The third-order valence-corrected chi connectivity index (χ3v) is 5.25. The third kappa shape index (κ3) is 3.72. The molecule has 1 aromatic carbocycles. The van der Waals surface area contributed by atoms with Crippen molar-refractivity contribution in [2.75, 3.05) is 19.0 Å². The minimum Gasteiger partial charge on any atom is -0.382 e. The molecule has 0 radical (unpaired) electrons. The Morgan fingerprint density at radius 1 is 1.24 bits per heavy atom. The largest absolute Gasteiger partial charge is 0.382 e. The second-order valence-corrected chi connectivity index (χ2v) is 7.33. The molecule has 0 amide bonds. The lowest BCUT2D eigenvalue weighted by atomic mass is 10.2. The molecule has 3 aromatic rings. The van der Waals surface area contributed by atoms with E-state index in [4.69, 9.17) is 4.74 Å². The Labute approximate surface area is 151 Å². The molecule has 3 rings (SSSR count). The Bertz CT molecular complexity index is 916. The fourth-order valence-corrected chi connectivity index (χ4v) is 3.63. The van der Waals surface area contributed by atoms with E-state index >= 15 is 0 Å². The summed E-state index contributed by atoms with van der Waals surface area (Å²) in [5, 5.41) is 10.2. The maximum absolute atomic E-state index is 12.9. The quantitative estimate of drug-likeness (QED) is 0.456. The van der Waals surface area contributed by atoms with Gasteiger partial charge in [-0.25, -0.2) is 0 Å². The molecule has 2 aromatic heterocycles. The average molecular weight is 360 g/mol. The number of ether oxygens (including phenoxy) is 1. The highest BCUT2D eigenvalue weighted by Gasteiger charge is 2.16. The van der Waals surface area contributed by atoms with E-state index in [0.29, 0.717) is 36.8 Å². The van der Waals surface area contributed by atoms with Gasteiger partial charge in [0.15, 0.2) is 5.16 Å². The molecule has 0 N–H and O–H groups in total. The number of aromatic nitrogens is 4. The summed E-state index contributed by atoms with van der Waals surface area (Å²) in [6, 6.07) is 7.66. The molecule has 0 fully saturated rings. The Hall–Kier alpha value is -1.86. The van der Waals surface area contributed by atoms with Crippen molar-refractivity contribution in [2.45, 2.75) is 38.9 Å². The molecular formula is C18H24N4O2S. The van der Waals surface area contributed by atoms with Crippen LogP contribution in [-0.4, -0.2) is 38.1 Å². The van der Waals surface area contributed by atoms with Crippen LogP contribution in [0.25, 0.3) is 16.7 Å². The third-order valence-electron chi connectivity index (χ3n) is 3.90. The Morgan fingerprint density at radius 2 is 2.04 bits per heavy atom. The van der Waals surface area contributed by atoms with Crippen molar-refractivity contribution in [1.29, 1.82) is 0 Å². The van der Waals surface area contributed by atoms with Crippen LogP contribution in [0.5, 0.6) is 0 Å². The molecule has 2 heterocycles. The first kappa shape index (κ1) is 17.9. The van der Waals surface area contributed by atoms with Gasteiger partial charge in [0.1, 0.15) is 0 Å². The van der Waals surface area contributed by atoms with Gasteiger partial charge in [0, 0.05) is 25.5 Å². The topological polar surface area (TPSA) is 61.4 Å². The van der Waals surface area contributed by atoms with Crippen LogP contribution in [0.2, 0.25) is 0 Å². The average Bonchev–Trinajstić information content (AvgIpc) is 3.03. The molecule has 0 aliphatic rings. The minimum absolute atomic E-state index is 0.0209. The molecule has 0 aliphatic carbocycles. The summed E-state index contributed by atoms with van der Waals surface area (Å²) in [5.74, 6) is 2.12. The molecule has 6 nitrogen and oxygen atoms in total. The van der Waals surface area contributed by atoms with Crippen molar-refractivity contribution in [3.63, 3.8) is 0 Å². The highest BCUT2D eigenvalue weighted by molar-refractivity contribution is 7.99. The fourth-order valence-electron chi connectivity index (χ4n) is 2.74. The first-order chi connectivity index (χ1) is 12.1. The number of hydrogen-bond donors (Lipinski definition) is 0. The highest BCUT2D eigenvalue weighted by Crippen LogP contribution is 2.23. The lowest BCUT2D eigenvalue weighted by Crippen LogP contribution is -2.24. The van der Waals surface area contributed by atoms with E-state index in [1.807, 2.05) is 35.6 Å². The smallest absolute Gasteiger partial charge is 0.262 e. The van der Waals surface area contributed by atoms with Gasteiger partial charge in [-0.3, -0.25) is 13.8 Å². The molecular weight excluding hydrogens is 336 g/mol. The number of thioether (sulfide) groups is 1. The predicted molar refractivity (Wildman–Crippen MR) is 101 cm³/mol. The van der Waals surface area contributed by atoms with Crippen LogP contribution < -0.4 is 5.56 Å². The van der Waals surface area contributed by atoms with Gasteiger partial charge in [0.05, 0.1) is 10.9 Å². The van der Waals surface area contributed by atoms with Crippen molar-refractivity contribution in [2.24, 2.45) is 5.92 Å². The van der Waals surface area contributed by atoms with E-state index in [-0.39, 0.29) is 5.56 Å². The summed E-state index contributed by atoms with van der Waals surface area (Å²) in [6.45, 7) is 8.21. The molecule has 0 saturated carbocycles. The number of fused-ring (bicyclic) bond motifs is 3. The van der Waals surface area contributed by atoms with Crippen LogP contribution in [-0.2, 0) is 11.3 Å². The maximum Gasteiger partial charge on any atom is 0.262 e. The van der Waals surface area contributed by atoms with Crippen molar-refractivity contribution >= 4 is 28.4 Å². The number of benzene rings is 1. The molecule has 0 saturated heterocycles. The summed E-state index contributed by atoms with van der Waals surface area (Å²) < 4.78 is 9.12. The number of aryl methyl sites for hydroxylation is 1. The molecule has 0 unspecified atom stereocenters. The van der Waals surface area contributed by atoms with E-state index < -0.39 is 0 Å². The fraction of sp³-hybridized carbons (Fsp3) is 0.500. The van der Waals surface area contributed by atoms with Gasteiger partial charge in [-0.05, 0) is 31.4 Å². The summed E-state index contributed by atoms with van der Waals surface area (Å²) in [6.07, 6.45) is 0.767. The lowest BCUT2D eigenvalue weighted by molar-refractivity contribution is 0.141. The zero-order valence-electron chi connectivity index (χ0n) is 14.9. The van der Waals surface area contributed by atoms with Gasteiger partial charge in [-0.2, -0.15) is 0 Å². The molecule has 7 heteroatoms. The number of rotatable bonds is 8. The normalized spacial score (nSPS) is 11.8. The molecule has 134 valence electrons. The second kappa shape index (κ2) is 8.01. The number of nitrogens with zero attached hydrogens (tertiary/aromatic N) is 4. The zero-order valence-corrected chi connectivity index (χ0v) is 15.8. The molecule has 0 atom stereocenters. The van der Waals surface area contributed by atoms with Crippen molar-refractivity contribution in [3.8, 4) is 0 Å². The Morgan fingerprint density at radius 3 is 2.80 bits per heavy atom. The van der Waals surface area contributed by atoms with Gasteiger partial charge in [-0.15, -0.1) is 10.2 Å². The van der Waals surface area contributed by atoms with Crippen molar-refractivity contribution < 1.29 is 4.74 Å². The van der Waals surface area contributed by atoms with Crippen LogP contribution in [0.15, 0.2) is 34.2 Å². The summed E-state index contributed by atoms with van der Waals surface area (Å²) >= 11 is 1.68. The van der Waals surface area contributed by atoms with Crippen molar-refractivity contribution in [1.82, 2.24) is 19.2 Å². The molecule has 25 heavy (non-hydrogen) atoms. The Balaban J connectivity index is 2.11. The first-order valence-electron chi connectivity index (χ1n) is 8.70. The second-order valence-electron chi connectivity index (χ2n) is 6.35. The highest BCUT2D eigenvalue weighted by atomic mass is 32.2. The number of para-hydroxylation sites is 1. The zero-order chi connectivity index (χ0) is 17.8. The SMILES string of the molecule is CCOCCCn1c(=O)c2ccccc2n2c(SCC(C)C)nnc12. The maximum atomic E-state index is 12.9. The van der Waals surface area contributed by atoms with E-state index in [1.54, 1.807) is 16.3 Å². The van der Waals surface area contributed by atoms with Crippen molar-refractivity contribution in [3.05, 3.63) is 34.6 Å². The van der Waals surface area contributed by atoms with Crippen LogP contribution in [0.1, 0.15) is 27.2 Å². The standard InChI is InChI=1S/C18H24N4O2S/c1-4-24-11-7-10-21-16(23)14-8-5-6-9-15(14)22-17(21)19-20-18(22)25-12-13(2)3/h5-6,8-9,13H,4,7,10-12H2,1-3H3. The predicted octanol–water partition coefficient (Wildman–Crippen LogP) is 3.22. The lowest BCUT2D eigenvalue weighted by Gasteiger charge is -2.11. The monoisotopic (exact) mass is 360 g/mol. The summed E-state index contributed by atoms with van der Waals surface area (Å²) in [5.41, 5.74) is 0.840. The minimum atomic E-state index is -0.0209. The van der Waals surface area contributed by atoms with Gasteiger partial charge in [-0.1, -0.05) is 37.7 Å². The van der Waals surface area contributed by atoms with E-state index in [1.165, 1.54) is 0 Å². The summed E-state index contributed by atoms with van der Waals surface area (Å²) in [7, 11) is 0. The van der Waals surface area contributed by atoms with Crippen LogP contribution in [0, 0.1) is 5.92 Å². The number of hydrogen-bond acceptors (Lipinski definition) is 5. The molecule has 0 aliphatic heterocycles. The van der Waals surface area contributed by atoms with Gasteiger partial charge < -0.3 is 4.74 Å².